The minimum absolute atomic E-state index is 0.752. The molecule has 0 heterocycles. The summed E-state index contributed by atoms with van der Waals surface area (Å²) in [6.07, 6.45) is 13.8. The number of aldehydes is 1. The Labute approximate surface area is 106 Å². The SMILES string of the molecule is CCCCCCCCSCCCCCC=O. The van der Waals surface area contributed by atoms with E-state index >= 15 is 0 Å². The zero-order valence-corrected chi connectivity index (χ0v) is 11.7. The molecule has 0 bridgehead atoms. The maximum Gasteiger partial charge on any atom is 0.119 e. The van der Waals surface area contributed by atoms with Crippen molar-refractivity contribution in [2.75, 3.05) is 11.5 Å². The zero-order valence-electron chi connectivity index (χ0n) is 10.9. The number of thioether (sulfide) groups is 1. The molecule has 0 unspecified atom stereocenters. The summed E-state index contributed by atoms with van der Waals surface area (Å²) < 4.78 is 0. The molecule has 1 nitrogen and oxygen atoms in total. The molecule has 0 aliphatic carbocycles. The van der Waals surface area contributed by atoms with E-state index in [0.29, 0.717) is 0 Å². The van der Waals surface area contributed by atoms with Crippen LogP contribution in [0.2, 0.25) is 0 Å². The summed E-state index contributed by atoms with van der Waals surface area (Å²) in [7, 11) is 0. The number of hydrogen-bond acceptors (Lipinski definition) is 2. The van der Waals surface area contributed by atoms with E-state index in [1.807, 2.05) is 0 Å². The summed E-state index contributed by atoms with van der Waals surface area (Å²) >= 11 is 2.09. The molecule has 0 amide bonds. The van der Waals surface area contributed by atoms with Crippen LogP contribution in [0.3, 0.4) is 0 Å². The van der Waals surface area contributed by atoms with E-state index in [1.165, 1.54) is 62.9 Å². The molecule has 0 atom stereocenters. The van der Waals surface area contributed by atoms with Crippen LogP contribution in [-0.2, 0) is 4.79 Å². The fraction of sp³-hybridized carbons (Fsp3) is 0.929. The number of carbonyl (C=O) groups is 1. The largest absolute Gasteiger partial charge is 0.303 e. The molecule has 16 heavy (non-hydrogen) atoms. The number of rotatable bonds is 13. The van der Waals surface area contributed by atoms with Gasteiger partial charge in [0, 0.05) is 6.42 Å². The van der Waals surface area contributed by atoms with Gasteiger partial charge in [0.1, 0.15) is 6.29 Å². The number of carbonyl (C=O) groups excluding carboxylic acids is 1. The summed E-state index contributed by atoms with van der Waals surface area (Å²) in [6, 6.07) is 0. The predicted molar refractivity (Wildman–Crippen MR) is 75.2 cm³/mol. The van der Waals surface area contributed by atoms with Gasteiger partial charge in [-0.3, -0.25) is 0 Å². The average molecular weight is 244 g/mol. The van der Waals surface area contributed by atoms with Crippen LogP contribution in [0.4, 0.5) is 0 Å². The highest BCUT2D eigenvalue weighted by Crippen LogP contribution is 2.12. The molecule has 0 rings (SSSR count). The van der Waals surface area contributed by atoms with Gasteiger partial charge in [-0.25, -0.2) is 0 Å². The minimum Gasteiger partial charge on any atom is -0.303 e. The standard InChI is InChI=1S/C14H28OS/c1-2-3-4-5-7-10-13-16-14-11-8-6-9-12-15/h12H,2-11,13-14H2,1H3. The smallest absolute Gasteiger partial charge is 0.119 e. The van der Waals surface area contributed by atoms with E-state index in [1.54, 1.807) is 0 Å². The van der Waals surface area contributed by atoms with E-state index < -0.39 is 0 Å². The molecular formula is C14H28OS. The lowest BCUT2D eigenvalue weighted by atomic mass is 10.1. The fourth-order valence-corrected chi connectivity index (χ4v) is 2.72. The first-order valence-corrected chi connectivity index (χ1v) is 8.08. The molecule has 0 aliphatic rings. The van der Waals surface area contributed by atoms with Crippen molar-refractivity contribution in [2.45, 2.75) is 71.1 Å². The van der Waals surface area contributed by atoms with Crippen LogP contribution in [-0.4, -0.2) is 17.8 Å². The predicted octanol–water partition coefficient (Wildman–Crippen LogP) is 4.84. The van der Waals surface area contributed by atoms with Crippen molar-refractivity contribution in [3.63, 3.8) is 0 Å². The Morgan fingerprint density at radius 3 is 2.00 bits per heavy atom. The summed E-state index contributed by atoms with van der Waals surface area (Å²) in [5.74, 6) is 2.62. The molecule has 0 aliphatic heterocycles. The number of unbranched alkanes of at least 4 members (excludes halogenated alkanes) is 8. The maximum absolute atomic E-state index is 10.1. The lowest BCUT2D eigenvalue weighted by molar-refractivity contribution is -0.107. The Hall–Kier alpha value is 0.0200. The van der Waals surface area contributed by atoms with Crippen molar-refractivity contribution in [1.82, 2.24) is 0 Å². The van der Waals surface area contributed by atoms with Crippen molar-refractivity contribution in [1.29, 1.82) is 0 Å². The average Bonchev–Trinajstić information content (AvgIpc) is 2.31. The maximum atomic E-state index is 10.1. The molecule has 0 fully saturated rings. The molecule has 0 saturated carbocycles. The van der Waals surface area contributed by atoms with Crippen molar-refractivity contribution in [2.24, 2.45) is 0 Å². The third kappa shape index (κ3) is 14.0. The van der Waals surface area contributed by atoms with E-state index in [9.17, 15) is 4.79 Å². The molecule has 0 aromatic carbocycles. The molecule has 0 N–H and O–H groups in total. The third-order valence-corrected chi connectivity index (χ3v) is 3.91. The first-order chi connectivity index (χ1) is 7.91. The summed E-state index contributed by atoms with van der Waals surface area (Å²) in [5, 5.41) is 0. The minimum atomic E-state index is 0.752. The van der Waals surface area contributed by atoms with Gasteiger partial charge in [0.05, 0.1) is 0 Å². The molecule has 0 saturated heterocycles. The second-order valence-electron chi connectivity index (χ2n) is 4.40. The monoisotopic (exact) mass is 244 g/mol. The van der Waals surface area contributed by atoms with Crippen LogP contribution in [0, 0.1) is 0 Å². The number of hydrogen-bond donors (Lipinski definition) is 0. The van der Waals surface area contributed by atoms with E-state index in [-0.39, 0.29) is 0 Å². The third-order valence-electron chi connectivity index (χ3n) is 2.75. The molecule has 0 spiro atoms. The van der Waals surface area contributed by atoms with Gasteiger partial charge in [-0.1, -0.05) is 45.4 Å². The fourth-order valence-electron chi connectivity index (χ4n) is 1.70. The Kier molecular flexibility index (Phi) is 15.0. The Balaban J connectivity index is 2.85. The van der Waals surface area contributed by atoms with Crippen LogP contribution < -0.4 is 0 Å². The second kappa shape index (κ2) is 15.0. The van der Waals surface area contributed by atoms with Crippen molar-refractivity contribution < 1.29 is 4.79 Å². The van der Waals surface area contributed by atoms with Gasteiger partial charge in [0.2, 0.25) is 0 Å². The molecule has 0 aromatic heterocycles. The van der Waals surface area contributed by atoms with Crippen LogP contribution in [0.5, 0.6) is 0 Å². The van der Waals surface area contributed by atoms with Gasteiger partial charge in [0.25, 0.3) is 0 Å². The van der Waals surface area contributed by atoms with Crippen LogP contribution in [0.15, 0.2) is 0 Å². The molecule has 0 aromatic rings. The highest BCUT2D eigenvalue weighted by Gasteiger charge is 1.92. The van der Waals surface area contributed by atoms with Gasteiger partial charge < -0.3 is 4.79 Å². The van der Waals surface area contributed by atoms with Gasteiger partial charge in [0.15, 0.2) is 0 Å². The van der Waals surface area contributed by atoms with Crippen LogP contribution in [0.25, 0.3) is 0 Å². The molecule has 2 heteroatoms. The van der Waals surface area contributed by atoms with Gasteiger partial charge in [-0.15, -0.1) is 0 Å². The topological polar surface area (TPSA) is 17.1 Å². The van der Waals surface area contributed by atoms with E-state index in [2.05, 4.69) is 18.7 Å². The second-order valence-corrected chi connectivity index (χ2v) is 5.62. The van der Waals surface area contributed by atoms with Crippen LogP contribution >= 0.6 is 11.8 Å². The lowest BCUT2D eigenvalue weighted by Crippen LogP contribution is -1.86. The summed E-state index contributed by atoms with van der Waals surface area (Å²) in [4.78, 5) is 10.1. The Bertz CT molecular complexity index is 137. The van der Waals surface area contributed by atoms with E-state index in [0.717, 1.165) is 19.1 Å². The van der Waals surface area contributed by atoms with Gasteiger partial charge in [-0.2, -0.15) is 11.8 Å². The van der Waals surface area contributed by atoms with Crippen molar-refractivity contribution in [3.8, 4) is 0 Å². The van der Waals surface area contributed by atoms with Crippen molar-refractivity contribution in [3.05, 3.63) is 0 Å². The first-order valence-electron chi connectivity index (χ1n) is 6.93. The molecular weight excluding hydrogens is 216 g/mol. The van der Waals surface area contributed by atoms with Gasteiger partial charge >= 0.3 is 0 Å². The van der Waals surface area contributed by atoms with Crippen molar-refractivity contribution >= 4 is 18.0 Å². The highest BCUT2D eigenvalue weighted by atomic mass is 32.2. The van der Waals surface area contributed by atoms with E-state index in [4.69, 9.17) is 0 Å². The van der Waals surface area contributed by atoms with Gasteiger partial charge in [-0.05, 0) is 30.8 Å². The Morgan fingerprint density at radius 2 is 1.38 bits per heavy atom. The quantitative estimate of drug-likeness (QED) is 0.341. The highest BCUT2D eigenvalue weighted by molar-refractivity contribution is 7.99. The zero-order chi connectivity index (χ0) is 11.9. The van der Waals surface area contributed by atoms with Crippen LogP contribution in [0.1, 0.15) is 71.1 Å². The molecule has 96 valence electrons. The first kappa shape index (κ1) is 16.0. The summed E-state index contributed by atoms with van der Waals surface area (Å²) in [5.41, 5.74) is 0. The lowest BCUT2D eigenvalue weighted by Gasteiger charge is -2.01. The normalized spacial score (nSPS) is 10.6. The Morgan fingerprint density at radius 1 is 0.812 bits per heavy atom. The summed E-state index contributed by atoms with van der Waals surface area (Å²) in [6.45, 7) is 2.26. The molecule has 0 radical (unpaired) electrons.